The molecular formula is C28H34N2O4S. The van der Waals surface area contributed by atoms with Crippen molar-refractivity contribution in [2.24, 2.45) is 0 Å². The predicted octanol–water partition coefficient (Wildman–Crippen LogP) is 4.95. The van der Waals surface area contributed by atoms with Gasteiger partial charge in [-0.05, 0) is 93.6 Å². The molecule has 3 aromatic carbocycles. The lowest BCUT2D eigenvalue weighted by atomic mass is 10.1. The molecule has 7 heteroatoms. The third kappa shape index (κ3) is 7.09. The number of ether oxygens (including phenoxy) is 1. The Morgan fingerprint density at radius 2 is 1.60 bits per heavy atom. The first-order valence-electron chi connectivity index (χ1n) is 11.9. The average Bonchev–Trinajstić information content (AvgIpc) is 2.83. The largest absolute Gasteiger partial charge is 0.494 e. The van der Waals surface area contributed by atoms with E-state index in [1.165, 1.54) is 4.31 Å². The number of aryl methyl sites for hydroxylation is 4. The van der Waals surface area contributed by atoms with Crippen molar-refractivity contribution in [3.05, 3.63) is 89.0 Å². The lowest BCUT2D eigenvalue weighted by Crippen LogP contribution is -2.41. The van der Waals surface area contributed by atoms with Crippen molar-refractivity contribution in [1.29, 1.82) is 0 Å². The Morgan fingerprint density at radius 1 is 0.914 bits per heavy atom. The van der Waals surface area contributed by atoms with Gasteiger partial charge in [0.2, 0.25) is 5.91 Å². The minimum absolute atomic E-state index is 0.157. The van der Waals surface area contributed by atoms with Crippen molar-refractivity contribution in [3.8, 4) is 5.75 Å². The number of hydrogen-bond donors (Lipinski definition) is 1. The molecule has 0 aliphatic heterocycles. The third-order valence-electron chi connectivity index (χ3n) is 5.87. The maximum Gasteiger partial charge on any atom is 0.264 e. The van der Waals surface area contributed by atoms with Crippen LogP contribution >= 0.6 is 0 Å². The lowest BCUT2D eigenvalue weighted by molar-refractivity contribution is -0.119. The summed E-state index contributed by atoms with van der Waals surface area (Å²) in [5, 5.41) is 2.87. The Balaban J connectivity index is 1.68. The van der Waals surface area contributed by atoms with Crippen LogP contribution in [0.25, 0.3) is 0 Å². The first kappa shape index (κ1) is 26.3. The Morgan fingerprint density at radius 3 is 2.23 bits per heavy atom. The van der Waals surface area contributed by atoms with Crippen LogP contribution in [0.5, 0.6) is 5.75 Å². The zero-order valence-electron chi connectivity index (χ0n) is 20.9. The van der Waals surface area contributed by atoms with Gasteiger partial charge in [-0.15, -0.1) is 0 Å². The number of nitrogens with zero attached hydrogens (tertiary/aromatic N) is 1. The molecule has 186 valence electrons. The fraction of sp³-hybridized carbons (Fsp3) is 0.321. The Kier molecular flexibility index (Phi) is 8.93. The molecule has 0 radical (unpaired) electrons. The van der Waals surface area contributed by atoms with Crippen LogP contribution in [0.1, 0.15) is 35.6 Å². The van der Waals surface area contributed by atoms with E-state index in [9.17, 15) is 13.2 Å². The van der Waals surface area contributed by atoms with Crippen LogP contribution in [-0.2, 0) is 21.2 Å². The zero-order chi connectivity index (χ0) is 25.4. The molecule has 0 spiro atoms. The van der Waals surface area contributed by atoms with Crippen LogP contribution in [0.3, 0.4) is 0 Å². The molecule has 1 N–H and O–H groups in total. The van der Waals surface area contributed by atoms with Gasteiger partial charge in [0.25, 0.3) is 10.0 Å². The zero-order valence-corrected chi connectivity index (χ0v) is 21.7. The number of carbonyl (C=O) groups is 1. The van der Waals surface area contributed by atoms with Gasteiger partial charge in [0.05, 0.1) is 17.2 Å². The fourth-order valence-electron chi connectivity index (χ4n) is 3.66. The molecule has 0 atom stereocenters. The highest BCUT2D eigenvalue weighted by atomic mass is 32.2. The summed E-state index contributed by atoms with van der Waals surface area (Å²) in [5.74, 6) is 0.497. The highest BCUT2D eigenvalue weighted by molar-refractivity contribution is 7.92. The van der Waals surface area contributed by atoms with Crippen molar-refractivity contribution in [2.75, 3.05) is 24.0 Å². The highest BCUT2D eigenvalue weighted by Gasteiger charge is 2.27. The molecular weight excluding hydrogens is 460 g/mol. The van der Waals surface area contributed by atoms with Gasteiger partial charge in [-0.1, -0.05) is 35.9 Å². The summed E-state index contributed by atoms with van der Waals surface area (Å²) in [4.78, 5) is 13.0. The second-order valence-electron chi connectivity index (χ2n) is 8.62. The molecule has 3 aromatic rings. The van der Waals surface area contributed by atoms with Crippen molar-refractivity contribution in [1.82, 2.24) is 5.32 Å². The van der Waals surface area contributed by atoms with Crippen LogP contribution in [0.4, 0.5) is 5.69 Å². The summed E-state index contributed by atoms with van der Waals surface area (Å²) in [7, 11) is -3.92. The normalized spacial score (nSPS) is 11.2. The van der Waals surface area contributed by atoms with E-state index >= 15 is 0 Å². The molecule has 1 amide bonds. The van der Waals surface area contributed by atoms with Crippen LogP contribution in [-0.4, -0.2) is 34.0 Å². The van der Waals surface area contributed by atoms with E-state index in [4.69, 9.17) is 4.74 Å². The van der Waals surface area contributed by atoms with Crippen molar-refractivity contribution < 1.29 is 17.9 Å². The first-order chi connectivity index (χ1) is 16.7. The number of nitrogens with one attached hydrogen (secondary N) is 1. The minimum Gasteiger partial charge on any atom is -0.494 e. The Bertz CT molecular complexity index is 1240. The first-order valence-corrected chi connectivity index (χ1v) is 13.3. The molecule has 3 rings (SSSR count). The summed E-state index contributed by atoms with van der Waals surface area (Å²) in [6, 6.07) is 20.0. The van der Waals surface area contributed by atoms with Crippen molar-refractivity contribution in [3.63, 3.8) is 0 Å². The SMILES string of the molecule is CCOc1ccc(CCCNC(=O)CN(c2ccc(C)c(C)c2)S(=O)(=O)c2ccc(C)cc2)cc1. The van der Waals surface area contributed by atoms with Gasteiger partial charge in [0, 0.05) is 6.54 Å². The molecule has 0 aromatic heterocycles. The molecule has 0 heterocycles. The summed E-state index contributed by atoms with van der Waals surface area (Å²) in [5.41, 5.74) is 4.61. The maximum absolute atomic E-state index is 13.5. The lowest BCUT2D eigenvalue weighted by Gasteiger charge is -2.25. The third-order valence-corrected chi connectivity index (χ3v) is 7.66. The van der Waals surface area contributed by atoms with Gasteiger partial charge < -0.3 is 10.1 Å². The number of benzene rings is 3. The second-order valence-corrected chi connectivity index (χ2v) is 10.5. The van der Waals surface area contributed by atoms with Gasteiger partial charge in [0.15, 0.2) is 0 Å². The van der Waals surface area contributed by atoms with E-state index < -0.39 is 10.0 Å². The fourth-order valence-corrected chi connectivity index (χ4v) is 5.07. The van der Waals surface area contributed by atoms with Gasteiger partial charge in [-0.3, -0.25) is 9.10 Å². The molecule has 0 unspecified atom stereocenters. The molecule has 35 heavy (non-hydrogen) atoms. The second kappa shape index (κ2) is 11.9. The summed E-state index contributed by atoms with van der Waals surface area (Å²) in [6.07, 6.45) is 1.54. The van der Waals surface area contributed by atoms with Gasteiger partial charge in [-0.25, -0.2) is 8.42 Å². The summed E-state index contributed by atoms with van der Waals surface area (Å²) < 4.78 is 33.6. The maximum atomic E-state index is 13.5. The standard InChI is InChI=1S/C28H34N2O4S/c1-5-34-26-14-11-24(12-15-26)7-6-18-29-28(31)20-30(25-13-10-22(3)23(4)19-25)35(32,33)27-16-8-21(2)9-17-27/h8-17,19H,5-7,18,20H2,1-4H3,(H,29,31). The predicted molar refractivity (Wildman–Crippen MR) is 141 cm³/mol. The van der Waals surface area contributed by atoms with E-state index in [2.05, 4.69) is 5.32 Å². The molecule has 0 fully saturated rings. The summed E-state index contributed by atoms with van der Waals surface area (Å²) in [6.45, 7) is 8.54. The van der Waals surface area contributed by atoms with Gasteiger partial charge in [-0.2, -0.15) is 0 Å². The molecule has 0 saturated heterocycles. The van der Waals surface area contributed by atoms with Crippen LogP contribution in [0, 0.1) is 20.8 Å². The molecule has 0 aliphatic carbocycles. The van der Waals surface area contributed by atoms with Crippen LogP contribution < -0.4 is 14.4 Å². The van der Waals surface area contributed by atoms with E-state index in [0.717, 1.165) is 40.8 Å². The number of anilines is 1. The monoisotopic (exact) mass is 494 g/mol. The molecule has 0 bridgehead atoms. The van der Waals surface area contributed by atoms with Crippen LogP contribution in [0.2, 0.25) is 0 Å². The highest BCUT2D eigenvalue weighted by Crippen LogP contribution is 2.26. The quantitative estimate of drug-likeness (QED) is 0.383. The summed E-state index contributed by atoms with van der Waals surface area (Å²) >= 11 is 0. The average molecular weight is 495 g/mol. The van der Waals surface area contributed by atoms with E-state index in [1.807, 2.05) is 58.0 Å². The Hall–Kier alpha value is -3.32. The van der Waals surface area contributed by atoms with Crippen LogP contribution in [0.15, 0.2) is 71.6 Å². The molecule has 6 nitrogen and oxygen atoms in total. The minimum atomic E-state index is -3.92. The van der Waals surface area contributed by atoms with E-state index in [-0.39, 0.29) is 17.3 Å². The number of carbonyl (C=O) groups excluding carboxylic acids is 1. The number of amides is 1. The topological polar surface area (TPSA) is 75.7 Å². The van der Waals surface area contributed by atoms with Gasteiger partial charge >= 0.3 is 0 Å². The number of rotatable bonds is 11. The Labute approximate surface area is 209 Å². The molecule has 0 aliphatic rings. The van der Waals surface area contributed by atoms with E-state index in [0.29, 0.717) is 18.8 Å². The van der Waals surface area contributed by atoms with Crippen molar-refractivity contribution in [2.45, 2.75) is 45.4 Å². The number of sulfonamides is 1. The van der Waals surface area contributed by atoms with E-state index in [1.54, 1.807) is 36.4 Å². The molecule has 0 saturated carbocycles. The van der Waals surface area contributed by atoms with Gasteiger partial charge in [0.1, 0.15) is 12.3 Å². The number of hydrogen-bond acceptors (Lipinski definition) is 4. The smallest absolute Gasteiger partial charge is 0.264 e. The van der Waals surface area contributed by atoms with Crippen molar-refractivity contribution >= 4 is 21.6 Å².